The lowest BCUT2D eigenvalue weighted by molar-refractivity contribution is -0.105. The first-order valence-electron chi connectivity index (χ1n) is 4.59. The van der Waals surface area contributed by atoms with E-state index in [0.29, 0.717) is 31.1 Å². The van der Waals surface area contributed by atoms with Crippen LogP contribution in [0.5, 0.6) is 11.5 Å². The Morgan fingerprint density at radius 1 is 1.31 bits per heavy atom. The summed E-state index contributed by atoms with van der Waals surface area (Å²) in [6, 6.07) is 2.77. The zero-order valence-electron chi connectivity index (χ0n) is 8.23. The molecule has 0 unspecified atom stereocenters. The number of hydrogen-bond acceptors (Lipinski definition) is 4. The second-order valence-electron chi connectivity index (χ2n) is 3.11. The first-order chi connectivity index (χ1) is 7.72. The zero-order chi connectivity index (χ0) is 11.5. The standard InChI is InChI=1S/C10H9NO5/c12-5-11-7-4-9-8(15-1-2-16-9)3-6(7)10(13)14/h3-5H,1-2H2,(H,11,12)(H,13,14). The minimum absolute atomic E-state index is 0.0312. The number of ether oxygens (including phenoxy) is 2. The SMILES string of the molecule is O=CNc1cc2c(cc1C(=O)O)OCCO2. The first kappa shape index (κ1) is 10.3. The van der Waals surface area contributed by atoms with Gasteiger partial charge in [0.2, 0.25) is 6.41 Å². The normalized spacial score (nSPS) is 13.0. The van der Waals surface area contributed by atoms with Gasteiger partial charge in [0, 0.05) is 12.1 Å². The highest BCUT2D eigenvalue weighted by Gasteiger charge is 2.19. The number of carboxylic acids is 1. The third kappa shape index (κ3) is 1.77. The van der Waals surface area contributed by atoms with Gasteiger partial charge in [-0.15, -0.1) is 0 Å². The summed E-state index contributed by atoms with van der Waals surface area (Å²) in [6.45, 7) is 0.784. The van der Waals surface area contributed by atoms with Gasteiger partial charge in [-0.1, -0.05) is 0 Å². The molecule has 1 aliphatic rings. The highest BCUT2D eigenvalue weighted by Crippen LogP contribution is 2.35. The Morgan fingerprint density at radius 3 is 2.50 bits per heavy atom. The third-order valence-corrected chi connectivity index (χ3v) is 2.13. The molecule has 0 aliphatic carbocycles. The van der Waals surface area contributed by atoms with Crippen LogP contribution < -0.4 is 14.8 Å². The van der Waals surface area contributed by atoms with Crippen LogP contribution in [0.25, 0.3) is 0 Å². The van der Waals surface area contributed by atoms with Crippen LogP contribution >= 0.6 is 0 Å². The van der Waals surface area contributed by atoms with E-state index >= 15 is 0 Å². The quantitative estimate of drug-likeness (QED) is 0.737. The molecule has 0 spiro atoms. The number of carbonyl (C=O) groups is 2. The highest BCUT2D eigenvalue weighted by atomic mass is 16.6. The Balaban J connectivity index is 2.49. The van der Waals surface area contributed by atoms with Crippen molar-refractivity contribution in [3.8, 4) is 11.5 Å². The minimum Gasteiger partial charge on any atom is -0.486 e. The lowest BCUT2D eigenvalue weighted by Crippen LogP contribution is -2.16. The van der Waals surface area contributed by atoms with Gasteiger partial charge in [-0.3, -0.25) is 4.79 Å². The van der Waals surface area contributed by atoms with Crippen LogP contribution in [-0.2, 0) is 4.79 Å². The molecule has 2 rings (SSSR count). The van der Waals surface area contributed by atoms with E-state index in [0.717, 1.165) is 0 Å². The molecule has 0 aromatic heterocycles. The van der Waals surface area contributed by atoms with Gasteiger partial charge in [0.15, 0.2) is 11.5 Å². The lowest BCUT2D eigenvalue weighted by Gasteiger charge is -2.19. The van der Waals surface area contributed by atoms with Gasteiger partial charge in [-0.05, 0) is 0 Å². The zero-order valence-corrected chi connectivity index (χ0v) is 8.23. The number of amides is 1. The van der Waals surface area contributed by atoms with Crippen LogP contribution in [-0.4, -0.2) is 30.7 Å². The molecule has 6 heteroatoms. The van der Waals surface area contributed by atoms with E-state index in [2.05, 4.69) is 5.32 Å². The molecule has 0 radical (unpaired) electrons. The molecule has 1 amide bonds. The van der Waals surface area contributed by atoms with Crippen molar-refractivity contribution in [3.05, 3.63) is 17.7 Å². The molecule has 0 fully saturated rings. The summed E-state index contributed by atoms with van der Waals surface area (Å²) in [5.41, 5.74) is 0.156. The van der Waals surface area contributed by atoms with E-state index in [-0.39, 0.29) is 11.3 Å². The van der Waals surface area contributed by atoms with Gasteiger partial charge in [-0.2, -0.15) is 0 Å². The van der Waals surface area contributed by atoms with E-state index in [1.807, 2.05) is 0 Å². The van der Waals surface area contributed by atoms with E-state index in [4.69, 9.17) is 14.6 Å². The molecule has 1 aromatic rings. The molecule has 84 valence electrons. The number of carbonyl (C=O) groups excluding carboxylic acids is 1. The van der Waals surface area contributed by atoms with Crippen LogP contribution in [0.15, 0.2) is 12.1 Å². The second-order valence-corrected chi connectivity index (χ2v) is 3.11. The predicted molar refractivity (Wildman–Crippen MR) is 54.1 cm³/mol. The molecule has 16 heavy (non-hydrogen) atoms. The topological polar surface area (TPSA) is 84.9 Å². The van der Waals surface area contributed by atoms with Crippen molar-refractivity contribution >= 4 is 18.1 Å². The summed E-state index contributed by atoms with van der Waals surface area (Å²) in [5.74, 6) is -0.331. The average Bonchev–Trinajstić information content (AvgIpc) is 2.28. The van der Waals surface area contributed by atoms with Crippen LogP contribution in [0.3, 0.4) is 0 Å². The lowest BCUT2D eigenvalue weighted by atomic mass is 10.1. The maximum atomic E-state index is 10.9. The van der Waals surface area contributed by atoms with Crippen molar-refractivity contribution < 1.29 is 24.2 Å². The summed E-state index contributed by atoms with van der Waals surface area (Å²) in [5, 5.41) is 11.3. The maximum Gasteiger partial charge on any atom is 0.337 e. The Hall–Kier alpha value is -2.24. The highest BCUT2D eigenvalue weighted by molar-refractivity contribution is 5.97. The fourth-order valence-corrected chi connectivity index (χ4v) is 1.45. The number of anilines is 1. The van der Waals surface area contributed by atoms with Crippen molar-refractivity contribution in [2.24, 2.45) is 0 Å². The van der Waals surface area contributed by atoms with Crippen LogP contribution in [0.1, 0.15) is 10.4 Å². The molecule has 0 saturated heterocycles. The second kappa shape index (κ2) is 4.09. The Morgan fingerprint density at radius 2 is 1.94 bits per heavy atom. The van der Waals surface area contributed by atoms with Crippen molar-refractivity contribution in [1.82, 2.24) is 0 Å². The molecule has 0 bridgehead atoms. The maximum absolute atomic E-state index is 10.9. The molecule has 6 nitrogen and oxygen atoms in total. The molecular formula is C10H9NO5. The van der Waals surface area contributed by atoms with Gasteiger partial charge < -0.3 is 19.9 Å². The van der Waals surface area contributed by atoms with Crippen molar-refractivity contribution in [2.45, 2.75) is 0 Å². The summed E-state index contributed by atoms with van der Waals surface area (Å²) in [6.07, 6.45) is 0.415. The average molecular weight is 223 g/mol. The number of fused-ring (bicyclic) bond motifs is 1. The van der Waals surface area contributed by atoms with Crippen LogP contribution in [0, 0.1) is 0 Å². The number of hydrogen-bond donors (Lipinski definition) is 2. The number of rotatable bonds is 3. The monoisotopic (exact) mass is 223 g/mol. The number of aromatic carboxylic acids is 1. The van der Waals surface area contributed by atoms with Gasteiger partial charge in [0.1, 0.15) is 13.2 Å². The van der Waals surface area contributed by atoms with Crippen molar-refractivity contribution in [1.29, 1.82) is 0 Å². The fourth-order valence-electron chi connectivity index (χ4n) is 1.45. The fraction of sp³-hybridized carbons (Fsp3) is 0.200. The van der Waals surface area contributed by atoms with Gasteiger partial charge >= 0.3 is 5.97 Å². The van der Waals surface area contributed by atoms with E-state index in [1.165, 1.54) is 12.1 Å². The largest absolute Gasteiger partial charge is 0.486 e. The first-order valence-corrected chi connectivity index (χ1v) is 4.59. The number of benzene rings is 1. The number of nitrogens with one attached hydrogen (secondary N) is 1. The van der Waals surface area contributed by atoms with E-state index in [1.54, 1.807) is 0 Å². The molecule has 1 heterocycles. The van der Waals surface area contributed by atoms with Crippen LogP contribution in [0.2, 0.25) is 0 Å². The van der Waals surface area contributed by atoms with Crippen molar-refractivity contribution in [3.63, 3.8) is 0 Å². The van der Waals surface area contributed by atoms with Crippen LogP contribution in [0.4, 0.5) is 5.69 Å². The molecule has 1 aromatic carbocycles. The number of carboxylic acid groups (broad SMARTS) is 1. The van der Waals surface area contributed by atoms with E-state index in [9.17, 15) is 9.59 Å². The Labute approximate surface area is 90.8 Å². The summed E-state index contributed by atoms with van der Waals surface area (Å²) in [4.78, 5) is 21.3. The summed E-state index contributed by atoms with van der Waals surface area (Å²) < 4.78 is 10.5. The smallest absolute Gasteiger partial charge is 0.337 e. The molecular weight excluding hydrogens is 214 g/mol. The minimum atomic E-state index is -1.14. The molecule has 1 aliphatic heterocycles. The van der Waals surface area contributed by atoms with Crippen molar-refractivity contribution in [2.75, 3.05) is 18.5 Å². The van der Waals surface area contributed by atoms with Gasteiger partial charge in [-0.25, -0.2) is 4.79 Å². The van der Waals surface area contributed by atoms with E-state index < -0.39 is 5.97 Å². The predicted octanol–water partition coefficient (Wildman–Crippen LogP) is 0.724. The van der Waals surface area contributed by atoms with Gasteiger partial charge in [0.05, 0.1) is 11.3 Å². The summed E-state index contributed by atoms with van der Waals surface area (Å²) in [7, 11) is 0. The molecule has 0 atom stereocenters. The molecule has 2 N–H and O–H groups in total. The third-order valence-electron chi connectivity index (χ3n) is 2.13. The molecule has 0 saturated carbocycles. The summed E-state index contributed by atoms with van der Waals surface area (Å²) >= 11 is 0. The Kier molecular flexibility index (Phi) is 2.63. The van der Waals surface area contributed by atoms with Gasteiger partial charge in [0.25, 0.3) is 0 Å². The Bertz CT molecular complexity index is 443.